The Bertz CT molecular complexity index is 764. The molecule has 0 radical (unpaired) electrons. The maximum Gasteiger partial charge on any atom is 0.230 e. The van der Waals surface area contributed by atoms with E-state index in [4.69, 9.17) is 0 Å². The minimum Gasteiger partial charge on any atom is -0.337 e. The number of likely N-dealkylation sites (tertiary alicyclic amines) is 1. The zero-order valence-corrected chi connectivity index (χ0v) is 14.5. The van der Waals surface area contributed by atoms with Gasteiger partial charge in [-0.25, -0.2) is 0 Å². The SMILES string of the molecule is Cc1cc(C)n(C[C@@H]2CCCN2C(=O)[C@H]2CCc3ccccc32)n1. The highest BCUT2D eigenvalue weighted by atomic mass is 16.2. The lowest BCUT2D eigenvalue weighted by atomic mass is 9.99. The molecule has 1 aliphatic heterocycles. The lowest BCUT2D eigenvalue weighted by Crippen LogP contribution is -2.40. The molecular weight excluding hydrogens is 298 g/mol. The largest absolute Gasteiger partial charge is 0.337 e. The van der Waals surface area contributed by atoms with Crippen molar-refractivity contribution in [3.05, 3.63) is 52.8 Å². The summed E-state index contributed by atoms with van der Waals surface area (Å²) >= 11 is 0. The summed E-state index contributed by atoms with van der Waals surface area (Å²) < 4.78 is 2.06. The summed E-state index contributed by atoms with van der Waals surface area (Å²) in [6.07, 6.45) is 4.17. The highest BCUT2D eigenvalue weighted by molar-refractivity contribution is 5.85. The molecule has 2 aliphatic rings. The van der Waals surface area contributed by atoms with Crippen LogP contribution in [0.4, 0.5) is 0 Å². The van der Waals surface area contributed by atoms with Gasteiger partial charge in [-0.2, -0.15) is 5.10 Å². The van der Waals surface area contributed by atoms with Gasteiger partial charge in [-0.3, -0.25) is 9.48 Å². The number of rotatable bonds is 3. The zero-order valence-electron chi connectivity index (χ0n) is 14.5. The lowest BCUT2D eigenvalue weighted by Gasteiger charge is -2.28. The highest BCUT2D eigenvalue weighted by Gasteiger charge is 2.36. The van der Waals surface area contributed by atoms with Crippen molar-refractivity contribution in [2.75, 3.05) is 6.54 Å². The molecule has 4 nitrogen and oxygen atoms in total. The van der Waals surface area contributed by atoms with Crippen LogP contribution in [0.1, 0.15) is 47.7 Å². The van der Waals surface area contributed by atoms with Gasteiger partial charge >= 0.3 is 0 Å². The van der Waals surface area contributed by atoms with Crippen LogP contribution in [0.15, 0.2) is 30.3 Å². The molecule has 4 rings (SSSR count). The Morgan fingerprint density at radius 1 is 1.25 bits per heavy atom. The van der Waals surface area contributed by atoms with Gasteiger partial charge in [0, 0.05) is 12.2 Å². The van der Waals surface area contributed by atoms with E-state index in [1.54, 1.807) is 0 Å². The first-order valence-electron chi connectivity index (χ1n) is 9.03. The number of aryl methyl sites for hydroxylation is 3. The first-order chi connectivity index (χ1) is 11.6. The molecule has 0 bridgehead atoms. The van der Waals surface area contributed by atoms with Crippen molar-refractivity contribution in [3.8, 4) is 0 Å². The minimum absolute atomic E-state index is 0.0576. The summed E-state index contributed by atoms with van der Waals surface area (Å²) in [6.45, 7) is 5.83. The van der Waals surface area contributed by atoms with Gasteiger partial charge in [-0.05, 0) is 56.7 Å². The molecule has 0 N–H and O–H groups in total. The fourth-order valence-corrected chi connectivity index (χ4v) is 4.39. The second kappa shape index (κ2) is 6.08. The lowest BCUT2D eigenvalue weighted by molar-refractivity contribution is -0.133. The van der Waals surface area contributed by atoms with E-state index >= 15 is 0 Å². The monoisotopic (exact) mass is 323 g/mol. The van der Waals surface area contributed by atoms with Crippen molar-refractivity contribution in [3.63, 3.8) is 0 Å². The molecular formula is C20H25N3O. The molecule has 1 aromatic carbocycles. The van der Waals surface area contributed by atoms with E-state index in [2.05, 4.69) is 51.9 Å². The number of hydrogen-bond acceptors (Lipinski definition) is 2. The van der Waals surface area contributed by atoms with E-state index in [1.807, 2.05) is 6.92 Å². The highest BCUT2D eigenvalue weighted by Crippen LogP contribution is 2.36. The van der Waals surface area contributed by atoms with E-state index in [0.29, 0.717) is 5.91 Å². The summed E-state index contributed by atoms with van der Waals surface area (Å²) in [7, 11) is 0. The van der Waals surface area contributed by atoms with E-state index < -0.39 is 0 Å². The Balaban J connectivity index is 1.53. The number of amides is 1. The van der Waals surface area contributed by atoms with Crippen molar-refractivity contribution >= 4 is 5.91 Å². The summed E-state index contributed by atoms with van der Waals surface area (Å²) in [6, 6.07) is 10.8. The van der Waals surface area contributed by atoms with E-state index in [1.165, 1.54) is 16.8 Å². The fourth-order valence-electron chi connectivity index (χ4n) is 4.39. The van der Waals surface area contributed by atoms with Crippen LogP contribution < -0.4 is 0 Å². The summed E-state index contributed by atoms with van der Waals surface area (Å²) in [4.78, 5) is 15.3. The van der Waals surface area contributed by atoms with Crippen molar-refractivity contribution < 1.29 is 4.79 Å². The second-order valence-corrected chi connectivity index (χ2v) is 7.23. The van der Waals surface area contributed by atoms with Crippen molar-refractivity contribution in [2.45, 2.75) is 58.0 Å². The number of benzene rings is 1. The Labute approximate surface area is 143 Å². The Hall–Kier alpha value is -2.10. The molecule has 1 aromatic heterocycles. The average molecular weight is 323 g/mol. The standard InChI is InChI=1S/C20H25N3O/c1-14-12-15(2)23(21-14)13-17-7-5-11-22(17)20(24)19-10-9-16-6-3-4-8-18(16)19/h3-4,6,8,12,17,19H,5,7,9-11,13H2,1-2H3/t17-,19-/m0/s1. The first kappa shape index (κ1) is 15.4. The number of hydrogen-bond donors (Lipinski definition) is 0. The summed E-state index contributed by atoms with van der Waals surface area (Å²) in [5.74, 6) is 0.381. The number of aromatic nitrogens is 2. The Kier molecular flexibility index (Phi) is 3.91. The average Bonchev–Trinajstić information content (AvgIpc) is 3.26. The van der Waals surface area contributed by atoms with Crippen LogP contribution in [0.2, 0.25) is 0 Å². The van der Waals surface area contributed by atoms with Gasteiger partial charge in [0.15, 0.2) is 0 Å². The molecule has 2 atom stereocenters. The summed E-state index contributed by atoms with van der Waals surface area (Å²) in [5, 5.41) is 4.58. The first-order valence-corrected chi connectivity index (χ1v) is 9.03. The van der Waals surface area contributed by atoms with Gasteiger partial charge in [0.05, 0.1) is 24.2 Å². The number of carbonyl (C=O) groups is 1. The molecule has 24 heavy (non-hydrogen) atoms. The fraction of sp³-hybridized carbons (Fsp3) is 0.500. The summed E-state index contributed by atoms with van der Waals surface area (Å²) in [5.41, 5.74) is 4.83. The van der Waals surface area contributed by atoms with E-state index in [-0.39, 0.29) is 12.0 Å². The Morgan fingerprint density at radius 2 is 2.08 bits per heavy atom. The molecule has 0 spiro atoms. The second-order valence-electron chi connectivity index (χ2n) is 7.23. The molecule has 0 saturated carbocycles. The molecule has 0 unspecified atom stereocenters. The van der Waals surface area contributed by atoms with Gasteiger partial charge < -0.3 is 4.90 Å². The molecule has 2 heterocycles. The van der Waals surface area contributed by atoms with Gasteiger partial charge in [0.1, 0.15) is 0 Å². The molecule has 1 amide bonds. The van der Waals surface area contributed by atoms with E-state index in [0.717, 1.165) is 44.5 Å². The van der Waals surface area contributed by atoms with Crippen LogP contribution >= 0.6 is 0 Å². The maximum atomic E-state index is 13.2. The van der Waals surface area contributed by atoms with E-state index in [9.17, 15) is 4.79 Å². The molecule has 1 aliphatic carbocycles. The third-order valence-electron chi connectivity index (χ3n) is 5.58. The topological polar surface area (TPSA) is 38.1 Å². The van der Waals surface area contributed by atoms with Gasteiger partial charge in [0.25, 0.3) is 0 Å². The van der Waals surface area contributed by atoms with Crippen LogP contribution in [0.3, 0.4) is 0 Å². The maximum absolute atomic E-state index is 13.2. The van der Waals surface area contributed by atoms with Gasteiger partial charge in [-0.15, -0.1) is 0 Å². The van der Waals surface area contributed by atoms with Crippen LogP contribution in [0.5, 0.6) is 0 Å². The quantitative estimate of drug-likeness (QED) is 0.870. The molecule has 1 fully saturated rings. The Morgan fingerprint density at radius 3 is 2.88 bits per heavy atom. The van der Waals surface area contributed by atoms with Crippen LogP contribution in [0, 0.1) is 13.8 Å². The number of nitrogens with zero attached hydrogens (tertiary/aromatic N) is 3. The molecule has 126 valence electrons. The third-order valence-corrected chi connectivity index (χ3v) is 5.58. The van der Waals surface area contributed by atoms with Crippen LogP contribution in [-0.4, -0.2) is 33.2 Å². The van der Waals surface area contributed by atoms with Crippen LogP contribution in [-0.2, 0) is 17.8 Å². The zero-order chi connectivity index (χ0) is 16.7. The molecule has 2 aromatic rings. The molecule has 4 heteroatoms. The normalized spacial score (nSPS) is 22.8. The van der Waals surface area contributed by atoms with Gasteiger partial charge in [0.2, 0.25) is 5.91 Å². The predicted octanol–water partition coefficient (Wildman–Crippen LogP) is 3.22. The minimum atomic E-state index is 0.0576. The van der Waals surface area contributed by atoms with Gasteiger partial charge in [-0.1, -0.05) is 24.3 Å². The smallest absolute Gasteiger partial charge is 0.230 e. The number of fused-ring (bicyclic) bond motifs is 1. The van der Waals surface area contributed by atoms with Crippen molar-refractivity contribution in [1.29, 1.82) is 0 Å². The van der Waals surface area contributed by atoms with Crippen molar-refractivity contribution in [1.82, 2.24) is 14.7 Å². The number of carbonyl (C=O) groups excluding carboxylic acids is 1. The predicted molar refractivity (Wildman–Crippen MR) is 93.9 cm³/mol. The van der Waals surface area contributed by atoms with Crippen molar-refractivity contribution in [2.24, 2.45) is 0 Å². The third kappa shape index (κ3) is 2.64. The molecule has 1 saturated heterocycles. The van der Waals surface area contributed by atoms with Crippen LogP contribution in [0.25, 0.3) is 0 Å².